The summed E-state index contributed by atoms with van der Waals surface area (Å²) in [5.74, 6) is 0. The highest BCUT2D eigenvalue weighted by Crippen LogP contribution is 2.50. The van der Waals surface area contributed by atoms with Crippen LogP contribution in [0.4, 0.5) is 0 Å². The largest absolute Gasteiger partial charge is 0.392 e. The highest BCUT2D eigenvalue weighted by molar-refractivity contribution is 5.00. The third-order valence-electron chi connectivity index (χ3n) is 3.57. The second kappa shape index (κ2) is 2.46. The summed E-state index contributed by atoms with van der Waals surface area (Å²) in [6.45, 7) is 0. The van der Waals surface area contributed by atoms with E-state index in [0.717, 1.165) is 38.5 Å². The smallest absolute Gasteiger partial charge is 0.0621 e. The van der Waals surface area contributed by atoms with E-state index in [4.69, 9.17) is 0 Å². The van der Waals surface area contributed by atoms with Gasteiger partial charge in [-0.15, -0.1) is 0 Å². The van der Waals surface area contributed by atoms with E-state index in [1.54, 1.807) is 0 Å². The maximum Gasteiger partial charge on any atom is 0.0621 e. The molecule has 0 bridgehead atoms. The van der Waals surface area contributed by atoms with Crippen LogP contribution in [0, 0.1) is 5.41 Å². The Kier molecular flexibility index (Phi) is 1.69. The van der Waals surface area contributed by atoms with Crippen molar-refractivity contribution in [1.82, 2.24) is 0 Å². The van der Waals surface area contributed by atoms with E-state index in [-0.39, 0.29) is 17.6 Å². The van der Waals surface area contributed by atoms with Gasteiger partial charge in [-0.25, -0.2) is 0 Å². The van der Waals surface area contributed by atoms with Crippen molar-refractivity contribution < 1.29 is 10.2 Å². The number of rotatable bonds is 0. The number of aliphatic hydroxyl groups is 2. The van der Waals surface area contributed by atoms with Crippen LogP contribution in [0.2, 0.25) is 0 Å². The first kappa shape index (κ1) is 7.56. The molecule has 0 aromatic rings. The molecule has 1 spiro atoms. The second-order valence-electron chi connectivity index (χ2n) is 4.05. The summed E-state index contributed by atoms with van der Waals surface area (Å²) in [5.41, 5.74) is -0.0833. The third-order valence-corrected chi connectivity index (χ3v) is 3.57. The van der Waals surface area contributed by atoms with Crippen LogP contribution in [-0.4, -0.2) is 22.4 Å². The van der Waals surface area contributed by atoms with E-state index < -0.39 is 0 Å². The quantitative estimate of drug-likeness (QED) is 0.550. The van der Waals surface area contributed by atoms with Gasteiger partial charge in [0.15, 0.2) is 0 Å². The van der Waals surface area contributed by atoms with Crippen molar-refractivity contribution in [2.75, 3.05) is 0 Å². The van der Waals surface area contributed by atoms with Crippen LogP contribution in [0.5, 0.6) is 0 Å². The van der Waals surface area contributed by atoms with E-state index in [2.05, 4.69) is 0 Å². The normalized spacial score (nSPS) is 50.7. The third kappa shape index (κ3) is 0.926. The Labute approximate surface area is 67.2 Å². The molecule has 64 valence electrons. The average molecular weight is 156 g/mol. The van der Waals surface area contributed by atoms with Crippen molar-refractivity contribution in [3.63, 3.8) is 0 Å². The van der Waals surface area contributed by atoms with Crippen molar-refractivity contribution >= 4 is 0 Å². The lowest BCUT2D eigenvalue weighted by atomic mass is 9.80. The Balaban J connectivity index is 2.19. The average Bonchev–Trinajstić information content (AvgIpc) is 2.48. The van der Waals surface area contributed by atoms with Gasteiger partial charge in [-0.05, 0) is 25.7 Å². The minimum absolute atomic E-state index is 0.0833. The van der Waals surface area contributed by atoms with Gasteiger partial charge in [-0.3, -0.25) is 0 Å². The Morgan fingerprint density at radius 2 is 1.36 bits per heavy atom. The SMILES string of the molecule is OC1CCC[C@@]12CCC[C@@H]2O. The maximum absolute atomic E-state index is 9.69. The number of aliphatic hydroxyl groups excluding tert-OH is 2. The van der Waals surface area contributed by atoms with E-state index in [1.165, 1.54) is 0 Å². The minimum atomic E-state index is -0.222. The van der Waals surface area contributed by atoms with Crippen molar-refractivity contribution in [2.24, 2.45) is 5.41 Å². The van der Waals surface area contributed by atoms with Gasteiger partial charge in [-0.2, -0.15) is 0 Å². The molecule has 2 rings (SSSR count). The minimum Gasteiger partial charge on any atom is -0.392 e. The lowest BCUT2D eigenvalue weighted by molar-refractivity contribution is -0.0299. The van der Waals surface area contributed by atoms with Crippen LogP contribution in [0.1, 0.15) is 38.5 Å². The summed E-state index contributed by atoms with van der Waals surface area (Å²) < 4.78 is 0. The Morgan fingerprint density at radius 3 is 1.64 bits per heavy atom. The molecule has 11 heavy (non-hydrogen) atoms. The van der Waals surface area contributed by atoms with Gasteiger partial charge in [0, 0.05) is 5.41 Å². The summed E-state index contributed by atoms with van der Waals surface area (Å²) in [6.07, 6.45) is 5.62. The van der Waals surface area contributed by atoms with E-state index >= 15 is 0 Å². The van der Waals surface area contributed by atoms with Crippen LogP contribution >= 0.6 is 0 Å². The van der Waals surface area contributed by atoms with Gasteiger partial charge >= 0.3 is 0 Å². The number of hydrogen-bond donors (Lipinski definition) is 2. The predicted octanol–water partition coefficient (Wildman–Crippen LogP) is 1.06. The second-order valence-corrected chi connectivity index (χ2v) is 4.05. The van der Waals surface area contributed by atoms with Gasteiger partial charge in [-0.1, -0.05) is 12.8 Å². The molecule has 2 N–H and O–H groups in total. The molecule has 0 aromatic carbocycles. The van der Waals surface area contributed by atoms with Gasteiger partial charge in [0.25, 0.3) is 0 Å². The monoisotopic (exact) mass is 156 g/mol. The zero-order chi connectivity index (χ0) is 7.90. The summed E-state index contributed by atoms with van der Waals surface area (Å²) >= 11 is 0. The fraction of sp³-hybridized carbons (Fsp3) is 1.00. The molecule has 0 saturated heterocycles. The lowest BCUT2D eigenvalue weighted by Gasteiger charge is -2.31. The Bertz CT molecular complexity index is 138. The summed E-state index contributed by atoms with van der Waals surface area (Å²) in [6, 6.07) is 0. The zero-order valence-corrected chi connectivity index (χ0v) is 6.79. The zero-order valence-electron chi connectivity index (χ0n) is 6.79. The fourth-order valence-corrected chi connectivity index (χ4v) is 2.84. The summed E-state index contributed by atoms with van der Waals surface area (Å²) in [5, 5.41) is 19.4. The van der Waals surface area contributed by atoms with Crippen LogP contribution in [0.3, 0.4) is 0 Å². The van der Waals surface area contributed by atoms with Crippen molar-refractivity contribution in [3.05, 3.63) is 0 Å². The van der Waals surface area contributed by atoms with E-state index in [0.29, 0.717) is 0 Å². The lowest BCUT2D eigenvalue weighted by Crippen LogP contribution is -2.37. The molecule has 0 heterocycles. The first-order valence-corrected chi connectivity index (χ1v) is 4.62. The summed E-state index contributed by atoms with van der Waals surface area (Å²) in [7, 11) is 0. The number of hydrogen-bond acceptors (Lipinski definition) is 2. The van der Waals surface area contributed by atoms with Crippen LogP contribution < -0.4 is 0 Å². The van der Waals surface area contributed by atoms with Crippen molar-refractivity contribution in [1.29, 1.82) is 0 Å². The van der Waals surface area contributed by atoms with Gasteiger partial charge in [0.05, 0.1) is 12.2 Å². The first-order valence-electron chi connectivity index (χ1n) is 4.62. The molecule has 2 aliphatic carbocycles. The van der Waals surface area contributed by atoms with Crippen LogP contribution in [0.15, 0.2) is 0 Å². The fourth-order valence-electron chi connectivity index (χ4n) is 2.84. The standard InChI is InChI=1S/C9H16O2/c10-7-3-1-5-9(7)6-2-4-8(9)11/h7-8,10-11H,1-6H2/t7-,8?,9+/m0/s1. The van der Waals surface area contributed by atoms with Crippen LogP contribution in [0.25, 0.3) is 0 Å². The predicted molar refractivity (Wildman–Crippen MR) is 42.1 cm³/mol. The van der Waals surface area contributed by atoms with Gasteiger partial charge in [0.2, 0.25) is 0 Å². The highest BCUT2D eigenvalue weighted by Gasteiger charge is 2.49. The summed E-state index contributed by atoms with van der Waals surface area (Å²) in [4.78, 5) is 0. The topological polar surface area (TPSA) is 40.5 Å². The molecular weight excluding hydrogens is 140 g/mol. The van der Waals surface area contributed by atoms with Crippen LogP contribution in [-0.2, 0) is 0 Å². The molecule has 2 fully saturated rings. The molecule has 3 atom stereocenters. The molecule has 0 aromatic heterocycles. The molecule has 0 amide bonds. The van der Waals surface area contributed by atoms with E-state index in [1.807, 2.05) is 0 Å². The molecule has 2 heteroatoms. The Hall–Kier alpha value is -0.0800. The van der Waals surface area contributed by atoms with Gasteiger partial charge < -0.3 is 10.2 Å². The molecule has 1 unspecified atom stereocenters. The van der Waals surface area contributed by atoms with Crippen molar-refractivity contribution in [2.45, 2.75) is 50.7 Å². The molecule has 2 nitrogen and oxygen atoms in total. The molecule has 2 saturated carbocycles. The van der Waals surface area contributed by atoms with E-state index in [9.17, 15) is 10.2 Å². The highest BCUT2D eigenvalue weighted by atomic mass is 16.3. The van der Waals surface area contributed by atoms with Gasteiger partial charge in [0.1, 0.15) is 0 Å². The Morgan fingerprint density at radius 1 is 0.909 bits per heavy atom. The molecule has 0 aliphatic heterocycles. The first-order chi connectivity index (χ1) is 5.26. The molecule has 2 aliphatic rings. The molecule has 0 radical (unpaired) electrons. The molecular formula is C9H16O2. The maximum atomic E-state index is 9.69. The van der Waals surface area contributed by atoms with Crippen molar-refractivity contribution in [3.8, 4) is 0 Å².